The maximum Gasteiger partial charge on any atom is 0.187 e. The predicted molar refractivity (Wildman–Crippen MR) is 82.0 cm³/mol. The van der Waals surface area contributed by atoms with Gasteiger partial charge in [-0.05, 0) is 31.5 Å². The van der Waals surface area contributed by atoms with Crippen LogP contribution in [0.4, 0.5) is 0 Å². The van der Waals surface area contributed by atoms with E-state index in [2.05, 4.69) is 0 Å². The molecular formula is C17H24O6. The van der Waals surface area contributed by atoms with E-state index in [9.17, 15) is 5.11 Å². The van der Waals surface area contributed by atoms with Crippen LogP contribution >= 0.6 is 0 Å². The monoisotopic (exact) mass is 324 g/mol. The number of aliphatic hydroxyl groups is 1. The third-order valence-electron chi connectivity index (χ3n) is 4.06. The summed E-state index contributed by atoms with van der Waals surface area (Å²) in [6.45, 7) is 4.36. The highest BCUT2D eigenvalue weighted by molar-refractivity contribution is 5.26. The van der Waals surface area contributed by atoms with Crippen LogP contribution in [-0.2, 0) is 25.6 Å². The smallest absolute Gasteiger partial charge is 0.187 e. The maximum absolute atomic E-state index is 10.2. The van der Waals surface area contributed by atoms with E-state index in [0.29, 0.717) is 13.0 Å². The second kappa shape index (κ2) is 6.75. The molecule has 1 aromatic carbocycles. The van der Waals surface area contributed by atoms with E-state index < -0.39 is 18.2 Å². The second-order valence-corrected chi connectivity index (χ2v) is 6.38. The summed E-state index contributed by atoms with van der Waals surface area (Å²) in [5.41, 5.74) is 1.02. The Morgan fingerprint density at radius 3 is 2.65 bits per heavy atom. The zero-order valence-corrected chi connectivity index (χ0v) is 13.7. The van der Waals surface area contributed by atoms with Crippen molar-refractivity contribution in [2.75, 3.05) is 13.7 Å². The Morgan fingerprint density at radius 2 is 2.00 bits per heavy atom. The third-order valence-corrected chi connectivity index (χ3v) is 4.06. The molecule has 0 aromatic heterocycles. The van der Waals surface area contributed by atoms with E-state index in [-0.39, 0.29) is 18.8 Å². The molecule has 2 fully saturated rings. The number of aliphatic hydroxyl groups excluding tert-OH is 1. The molecule has 23 heavy (non-hydrogen) atoms. The fraction of sp³-hybridized carbons (Fsp3) is 0.647. The molecule has 0 spiro atoms. The van der Waals surface area contributed by atoms with Crippen molar-refractivity contribution in [2.24, 2.45) is 0 Å². The van der Waals surface area contributed by atoms with E-state index >= 15 is 0 Å². The molecule has 0 amide bonds. The van der Waals surface area contributed by atoms with E-state index in [1.54, 1.807) is 7.11 Å². The Balaban J connectivity index is 1.41. The molecule has 2 heterocycles. The first-order valence-electron chi connectivity index (χ1n) is 7.87. The summed E-state index contributed by atoms with van der Waals surface area (Å²) in [5, 5.41) is 10.2. The standard InChI is InChI=1S/C17H24O6/c1-17(2)22-15-8-14(21-16(15)23-17)13(18)10-20-9-11-4-6-12(19-3)7-5-11/h4-7,13-16,18H,8-10H2,1-3H3/t13-,14+,15-,16-/m1/s1. The lowest BCUT2D eigenvalue weighted by Crippen LogP contribution is -2.33. The number of rotatable bonds is 6. The van der Waals surface area contributed by atoms with Crippen molar-refractivity contribution < 1.29 is 28.8 Å². The maximum atomic E-state index is 10.2. The quantitative estimate of drug-likeness (QED) is 0.861. The summed E-state index contributed by atoms with van der Waals surface area (Å²) in [6, 6.07) is 7.64. The molecule has 2 saturated heterocycles. The first-order valence-corrected chi connectivity index (χ1v) is 7.87. The van der Waals surface area contributed by atoms with E-state index in [4.69, 9.17) is 23.7 Å². The van der Waals surface area contributed by atoms with Crippen LogP contribution in [-0.4, -0.2) is 49.2 Å². The van der Waals surface area contributed by atoms with Gasteiger partial charge in [-0.25, -0.2) is 0 Å². The second-order valence-electron chi connectivity index (χ2n) is 6.38. The highest BCUT2D eigenvalue weighted by Crippen LogP contribution is 2.37. The number of hydrogen-bond acceptors (Lipinski definition) is 6. The average molecular weight is 324 g/mol. The summed E-state index contributed by atoms with van der Waals surface area (Å²) in [6.07, 6.45) is -0.926. The number of benzene rings is 1. The Morgan fingerprint density at radius 1 is 1.26 bits per heavy atom. The molecule has 1 aromatic rings. The molecule has 2 aliphatic heterocycles. The SMILES string of the molecule is COc1ccc(COC[C@@H](O)[C@@H]2C[C@H]3OC(C)(C)O[C@H]3O2)cc1. The Hall–Kier alpha value is -1.18. The number of hydrogen-bond donors (Lipinski definition) is 1. The van der Waals surface area contributed by atoms with Gasteiger partial charge in [0.2, 0.25) is 0 Å². The van der Waals surface area contributed by atoms with Crippen molar-refractivity contribution in [3.05, 3.63) is 29.8 Å². The largest absolute Gasteiger partial charge is 0.497 e. The molecule has 0 unspecified atom stereocenters. The van der Waals surface area contributed by atoms with Gasteiger partial charge < -0.3 is 28.8 Å². The molecular weight excluding hydrogens is 300 g/mol. The van der Waals surface area contributed by atoms with Gasteiger partial charge in [-0.15, -0.1) is 0 Å². The van der Waals surface area contributed by atoms with Crippen molar-refractivity contribution in [1.82, 2.24) is 0 Å². The first-order chi connectivity index (χ1) is 11.0. The van der Waals surface area contributed by atoms with Crippen molar-refractivity contribution in [3.63, 3.8) is 0 Å². The third kappa shape index (κ3) is 4.02. The molecule has 0 bridgehead atoms. The van der Waals surface area contributed by atoms with Crippen LogP contribution in [0.2, 0.25) is 0 Å². The number of ether oxygens (including phenoxy) is 5. The summed E-state index contributed by atoms with van der Waals surface area (Å²) in [7, 11) is 1.63. The van der Waals surface area contributed by atoms with Gasteiger partial charge >= 0.3 is 0 Å². The van der Waals surface area contributed by atoms with Crippen molar-refractivity contribution in [2.45, 2.75) is 57.3 Å². The first kappa shape index (κ1) is 16.7. The molecule has 6 heteroatoms. The van der Waals surface area contributed by atoms with E-state index in [0.717, 1.165) is 11.3 Å². The average Bonchev–Trinajstić information content (AvgIpc) is 3.01. The van der Waals surface area contributed by atoms with Gasteiger partial charge in [-0.3, -0.25) is 0 Å². The van der Waals surface area contributed by atoms with Gasteiger partial charge in [0.25, 0.3) is 0 Å². The van der Waals surface area contributed by atoms with Crippen LogP contribution in [0.25, 0.3) is 0 Å². The number of methoxy groups -OCH3 is 1. The molecule has 0 aliphatic carbocycles. The molecule has 3 rings (SSSR count). The molecule has 6 nitrogen and oxygen atoms in total. The lowest BCUT2D eigenvalue weighted by molar-refractivity contribution is -0.216. The Bertz CT molecular complexity index is 498. The van der Waals surface area contributed by atoms with Crippen LogP contribution in [0.5, 0.6) is 5.75 Å². The van der Waals surface area contributed by atoms with Gasteiger partial charge in [0.1, 0.15) is 18.0 Å². The molecule has 0 radical (unpaired) electrons. The minimum atomic E-state index is -0.700. The van der Waals surface area contributed by atoms with Gasteiger partial charge in [0, 0.05) is 6.42 Å². The van der Waals surface area contributed by atoms with Crippen molar-refractivity contribution in [3.8, 4) is 5.75 Å². The zero-order valence-electron chi connectivity index (χ0n) is 13.7. The van der Waals surface area contributed by atoms with Crippen molar-refractivity contribution >= 4 is 0 Å². The summed E-state index contributed by atoms with van der Waals surface area (Å²) in [5.74, 6) is 0.193. The van der Waals surface area contributed by atoms with Crippen LogP contribution in [0, 0.1) is 0 Å². The Kier molecular flexibility index (Phi) is 4.89. The lowest BCUT2D eigenvalue weighted by atomic mass is 10.1. The van der Waals surface area contributed by atoms with Crippen molar-refractivity contribution in [1.29, 1.82) is 0 Å². The van der Waals surface area contributed by atoms with Crippen LogP contribution in [0.1, 0.15) is 25.8 Å². The van der Waals surface area contributed by atoms with Crippen LogP contribution in [0.15, 0.2) is 24.3 Å². The zero-order chi connectivity index (χ0) is 16.4. The van der Waals surface area contributed by atoms with Crippen LogP contribution < -0.4 is 4.74 Å². The van der Waals surface area contributed by atoms with Gasteiger partial charge in [-0.2, -0.15) is 0 Å². The molecule has 2 aliphatic rings. The van der Waals surface area contributed by atoms with E-state index in [1.165, 1.54) is 0 Å². The fourth-order valence-corrected chi connectivity index (χ4v) is 2.91. The van der Waals surface area contributed by atoms with E-state index in [1.807, 2.05) is 38.1 Å². The summed E-state index contributed by atoms with van der Waals surface area (Å²) < 4.78 is 27.8. The van der Waals surface area contributed by atoms with Gasteiger partial charge in [-0.1, -0.05) is 12.1 Å². The highest BCUT2D eigenvalue weighted by atomic mass is 16.8. The summed E-state index contributed by atoms with van der Waals surface area (Å²) >= 11 is 0. The predicted octanol–water partition coefficient (Wildman–Crippen LogP) is 1.84. The molecule has 0 saturated carbocycles. The molecule has 4 atom stereocenters. The topological polar surface area (TPSA) is 66.4 Å². The lowest BCUT2D eigenvalue weighted by Gasteiger charge is -2.23. The fourth-order valence-electron chi connectivity index (χ4n) is 2.91. The van der Waals surface area contributed by atoms with Gasteiger partial charge in [0.15, 0.2) is 12.1 Å². The normalized spacial score (nSPS) is 30.2. The molecule has 128 valence electrons. The minimum Gasteiger partial charge on any atom is -0.497 e. The molecule has 1 N–H and O–H groups in total. The highest BCUT2D eigenvalue weighted by Gasteiger charge is 2.49. The minimum absolute atomic E-state index is 0.119. The Labute approximate surface area is 136 Å². The van der Waals surface area contributed by atoms with Gasteiger partial charge in [0.05, 0.1) is 26.4 Å². The van der Waals surface area contributed by atoms with Crippen LogP contribution in [0.3, 0.4) is 0 Å². The number of fused-ring (bicyclic) bond motifs is 1. The summed E-state index contributed by atoms with van der Waals surface area (Å²) in [4.78, 5) is 0.